The van der Waals surface area contributed by atoms with Crippen LogP contribution in [-0.4, -0.2) is 22.7 Å². The molecule has 0 aliphatic carbocycles. The Hall–Kier alpha value is -3.44. The number of methoxy groups -OCH3 is 1. The molecule has 0 N–H and O–H groups in total. The van der Waals surface area contributed by atoms with E-state index in [0.717, 1.165) is 28.3 Å². The van der Waals surface area contributed by atoms with Gasteiger partial charge in [-0.15, -0.1) is 0 Å². The number of hydrogen-bond donors (Lipinski definition) is 0. The van der Waals surface area contributed by atoms with Gasteiger partial charge in [0.15, 0.2) is 5.78 Å². The fourth-order valence-electron chi connectivity index (χ4n) is 2.86. The summed E-state index contributed by atoms with van der Waals surface area (Å²) in [7, 11) is 1.60. The number of nitrogens with zero attached hydrogens (tertiary/aromatic N) is 2. The maximum absolute atomic E-state index is 12.5. The van der Waals surface area contributed by atoms with Gasteiger partial charge in [-0.2, -0.15) is 16.4 Å². The SMILES string of the molecule is COc1ccc(C(=O)/C=C/c2cn(-c3ccccc3)nc2-c2ccsc2)cc1. The molecule has 0 bridgehead atoms. The molecule has 2 aromatic carbocycles. The minimum atomic E-state index is -0.0635. The second-order valence-electron chi connectivity index (χ2n) is 6.15. The summed E-state index contributed by atoms with van der Waals surface area (Å²) in [5.41, 5.74) is 4.37. The summed E-state index contributed by atoms with van der Waals surface area (Å²) in [6, 6.07) is 19.1. The lowest BCUT2D eigenvalue weighted by molar-refractivity contribution is 0.104. The molecule has 2 aromatic heterocycles. The number of ether oxygens (including phenoxy) is 1. The van der Waals surface area contributed by atoms with Crippen LogP contribution in [-0.2, 0) is 0 Å². The second-order valence-corrected chi connectivity index (χ2v) is 6.93. The average molecular weight is 386 g/mol. The third-order valence-electron chi connectivity index (χ3n) is 4.35. The molecule has 0 radical (unpaired) electrons. The first kappa shape index (κ1) is 17.9. The Kier molecular flexibility index (Phi) is 5.17. The molecule has 0 aliphatic heterocycles. The predicted molar refractivity (Wildman–Crippen MR) is 113 cm³/mol. The van der Waals surface area contributed by atoms with Gasteiger partial charge in [0.1, 0.15) is 11.4 Å². The highest BCUT2D eigenvalue weighted by Gasteiger charge is 2.11. The zero-order valence-corrected chi connectivity index (χ0v) is 16.1. The largest absolute Gasteiger partial charge is 0.497 e. The molecule has 0 amide bonds. The molecule has 0 aliphatic rings. The minimum absolute atomic E-state index is 0.0635. The van der Waals surface area contributed by atoms with E-state index in [0.29, 0.717) is 5.56 Å². The van der Waals surface area contributed by atoms with E-state index in [4.69, 9.17) is 9.84 Å². The quantitative estimate of drug-likeness (QED) is 0.324. The van der Waals surface area contributed by atoms with Crippen LogP contribution < -0.4 is 4.74 Å². The highest BCUT2D eigenvalue weighted by Crippen LogP contribution is 2.27. The smallest absolute Gasteiger partial charge is 0.185 e. The molecule has 28 heavy (non-hydrogen) atoms. The van der Waals surface area contributed by atoms with Crippen molar-refractivity contribution in [3.63, 3.8) is 0 Å². The lowest BCUT2D eigenvalue weighted by Gasteiger charge is -2.00. The average Bonchev–Trinajstić information content (AvgIpc) is 3.42. The summed E-state index contributed by atoms with van der Waals surface area (Å²) in [4.78, 5) is 12.5. The lowest BCUT2D eigenvalue weighted by Crippen LogP contribution is -1.94. The van der Waals surface area contributed by atoms with Gasteiger partial charge in [0.25, 0.3) is 0 Å². The van der Waals surface area contributed by atoms with E-state index < -0.39 is 0 Å². The molecule has 2 heterocycles. The van der Waals surface area contributed by atoms with Crippen molar-refractivity contribution in [2.24, 2.45) is 0 Å². The summed E-state index contributed by atoms with van der Waals surface area (Å²) in [6.45, 7) is 0. The van der Waals surface area contributed by atoms with Crippen molar-refractivity contribution in [1.82, 2.24) is 9.78 Å². The van der Waals surface area contributed by atoms with Crippen LogP contribution in [0.3, 0.4) is 0 Å². The molecule has 4 aromatic rings. The summed E-state index contributed by atoms with van der Waals surface area (Å²) in [6.07, 6.45) is 5.36. The first-order chi connectivity index (χ1) is 13.7. The van der Waals surface area contributed by atoms with Gasteiger partial charge in [-0.3, -0.25) is 4.79 Å². The van der Waals surface area contributed by atoms with Crippen molar-refractivity contribution >= 4 is 23.2 Å². The Morgan fingerprint density at radius 1 is 1.07 bits per heavy atom. The Labute approximate surface area is 167 Å². The van der Waals surface area contributed by atoms with Crippen LogP contribution in [0.5, 0.6) is 5.75 Å². The third kappa shape index (κ3) is 3.80. The van der Waals surface area contributed by atoms with E-state index in [2.05, 4.69) is 5.38 Å². The Bertz CT molecular complexity index is 1100. The fourth-order valence-corrected chi connectivity index (χ4v) is 3.50. The zero-order chi connectivity index (χ0) is 19.3. The molecule has 0 fully saturated rings. The molecular formula is C23H18N2O2S. The first-order valence-corrected chi connectivity index (χ1v) is 9.73. The highest BCUT2D eigenvalue weighted by atomic mass is 32.1. The number of carbonyl (C=O) groups is 1. The standard InChI is InChI=1S/C23H18N2O2S/c1-27-21-10-7-17(8-11-21)22(26)12-9-18-15-25(20-5-3-2-4-6-20)24-23(18)19-13-14-28-16-19/h2-16H,1H3/b12-9+. The fraction of sp³-hybridized carbons (Fsp3) is 0.0435. The third-order valence-corrected chi connectivity index (χ3v) is 5.03. The Balaban J connectivity index is 1.66. The van der Waals surface area contributed by atoms with Crippen molar-refractivity contribution < 1.29 is 9.53 Å². The number of rotatable bonds is 6. The van der Waals surface area contributed by atoms with Gasteiger partial charge in [-0.25, -0.2) is 4.68 Å². The molecule has 5 heteroatoms. The summed E-state index contributed by atoms with van der Waals surface area (Å²) in [5.74, 6) is 0.663. The van der Waals surface area contributed by atoms with E-state index in [-0.39, 0.29) is 5.78 Å². The number of allylic oxidation sites excluding steroid dienone is 1. The van der Waals surface area contributed by atoms with Crippen LogP contribution in [0, 0.1) is 0 Å². The second kappa shape index (κ2) is 8.06. The van der Waals surface area contributed by atoms with E-state index in [1.54, 1.807) is 48.8 Å². The molecular weight excluding hydrogens is 368 g/mol. The van der Waals surface area contributed by atoms with Crippen molar-refractivity contribution in [3.8, 4) is 22.7 Å². The summed E-state index contributed by atoms with van der Waals surface area (Å²) < 4.78 is 6.98. The molecule has 0 saturated heterocycles. The summed E-state index contributed by atoms with van der Waals surface area (Å²) in [5, 5.41) is 8.82. The first-order valence-electron chi connectivity index (χ1n) is 8.79. The van der Waals surface area contributed by atoms with Crippen LogP contribution in [0.15, 0.2) is 83.7 Å². The summed E-state index contributed by atoms with van der Waals surface area (Å²) >= 11 is 1.62. The van der Waals surface area contributed by atoms with Crippen molar-refractivity contribution in [3.05, 3.63) is 94.8 Å². The number of benzene rings is 2. The predicted octanol–water partition coefficient (Wildman–Crippen LogP) is 5.51. The van der Waals surface area contributed by atoms with Crippen molar-refractivity contribution in [2.75, 3.05) is 7.11 Å². The molecule has 0 atom stereocenters. The van der Waals surface area contributed by atoms with Crippen LogP contribution in [0.2, 0.25) is 0 Å². The lowest BCUT2D eigenvalue weighted by atomic mass is 10.1. The van der Waals surface area contributed by atoms with E-state index in [1.165, 1.54) is 0 Å². The number of hydrogen-bond acceptors (Lipinski definition) is 4. The molecule has 4 nitrogen and oxygen atoms in total. The van der Waals surface area contributed by atoms with Gasteiger partial charge in [0, 0.05) is 28.3 Å². The maximum atomic E-state index is 12.5. The van der Waals surface area contributed by atoms with Gasteiger partial charge < -0.3 is 4.74 Å². The Morgan fingerprint density at radius 3 is 2.54 bits per heavy atom. The number of carbonyl (C=O) groups excluding carboxylic acids is 1. The van der Waals surface area contributed by atoms with Gasteiger partial charge in [0.2, 0.25) is 0 Å². The molecule has 0 saturated carbocycles. The number of ketones is 1. The van der Waals surface area contributed by atoms with Crippen molar-refractivity contribution in [2.45, 2.75) is 0 Å². The van der Waals surface area contributed by atoms with Gasteiger partial charge in [0.05, 0.1) is 12.8 Å². The van der Waals surface area contributed by atoms with Gasteiger partial charge >= 0.3 is 0 Å². The Morgan fingerprint density at radius 2 is 1.86 bits per heavy atom. The van der Waals surface area contributed by atoms with E-state index in [9.17, 15) is 4.79 Å². The monoisotopic (exact) mass is 386 g/mol. The van der Waals surface area contributed by atoms with Crippen molar-refractivity contribution in [1.29, 1.82) is 0 Å². The van der Waals surface area contributed by atoms with E-state index >= 15 is 0 Å². The normalized spacial score (nSPS) is 11.0. The topological polar surface area (TPSA) is 44.1 Å². The van der Waals surface area contributed by atoms with Gasteiger partial charge in [-0.1, -0.05) is 18.2 Å². The number of thiophene rings is 1. The number of para-hydroxylation sites is 1. The molecule has 0 unspecified atom stereocenters. The number of aromatic nitrogens is 2. The van der Waals surface area contributed by atoms with Crippen LogP contribution in [0.1, 0.15) is 15.9 Å². The van der Waals surface area contributed by atoms with Crippen LogP contribution in [0.25, 0.3) is 23.0 Å². The van der Waals surface area contributed by atoms with Crippen LogP contribution >= 0.6 is 11.3 Å². The molecule has 138 valence electrons. The molecule has 0 spiro atoms. The zero-order valence-electron chi connectivity index (χ0n) is 15.3. The minimum Gasteiger partial charge on any atom is -0.497 e. The highest BCUT2D eigenvalue weighted by molar-refractivity contribution is 7.08. The van der Waals surface area contributed by atoms with Gasteiger partial charge in [-0.05, 0) is 60.0 Å². The van der Waals surface area contributed by atoms with Crippen LogP contribution in [0.4, 0.5) is 0 Å². The maximum Gasteiger partial charge on any atom is 0.185 e. The molecule has 4 rings (SSSR count). The van der Waals surface area contributed by atoms with E-state index in [1.807, 2.05) is 58.7 Å².